The number of carbonyl (C=O) groups is 1. The third-order valence-electron chi connectivity index (χ3n) is 4.91. The molecule has 1 saturated carbocycles. The molecule has 1 aliphatic heterocycles. The molecule has 0 bridgehead atoms. The maximum absolute atomic E-state index is 10.7. The van der Waals surface area contributed by atoms with Gasteiger partial charge in [0.25, 0.3) is 0 Å². The average molecular weight is 398 g/mol. The summed E-state index contributed by atoms with van der Waals surface area (Å²) in [4.78, 5) is 10.7. The van der Waals surface area contributed by atoms with Crippen LogP contribution in [0.4, 0.5) is 0 Å². The number of carboxylic acid groups (broad SMARTS) is 1. The van der Waals surface area contributed by atoms with Gasteiger partial charge in [-0.3, -0.25) is 0 Å². The maximum atomic E-state index is 10.7. The third-order valence-corrected chi connectivity index (χ3v) is 4.91. The van der Waals surface area contributed by atoms with Gasteiger partial charge >= 0.3 is 5.97 Å². The number of hydrogen-bond donors (Lipinski definition) is 2. The Hall–Kier alpha value is -2.59. The van der Waals surface area contributed by atoms with E-state index in [-0.39, 0.29) is 31.2 Å². The second-order valence-corrected chi connectivity index (χ2v) is 7.15. The van der Waals surface area contributed by atoms with Crippen molar-refractivity contribution in [1.29, 1.82) is 0 Å². The maximum Gasteiger partial charge on any atom is 0.329 e. The van der Waals surface area contributed by atoms with Gasteiger partial charge < -0.3 is 24.4 Å². The molecule has 0 amide bonds. The van der Waals surface area contributed by atoms with Crippen molar-refractivity contribution >= 4 is 5.97 Å². The first-order valence-electron chi connectivity index (χ1n) is 9.86. The predicted molar refractivity (Wildman–Crippen MR) is 107 cm³/mol. The Morgan fingerprint density at radius 1 is 1.21 bits per heavy atom. The highest BCUT2D eigenvalue weighted by Gasteiger charge is 2.47. The molecule has 29 heavy (non-hydrogen) atoms. The van der Waals surface area contributed by atoms with Gasteiger partial charge in [0.2, 0.25) is 0 Å². The van der Waals surface area contributed by atoms with Gasteiger partial charge in [0.05, 0.1) is 12.2 Å². The van der Waals surface area contributed by atoms with Gasteiger partial charge in [-0.05, 0) is 31.1 Å². The van der Waals surface area contributed by atoms with Gasteiger partial charge in [0, 0.05) is 12.8 Å². The summed E-state index contributed by atoms with van der Waals surface area (Å²) in [5, 5.41) is 18.5. The van der Waals surface area contributed by atoms with E-state index < -0.39 is 11.8 Å². The zero-order valence-electron chi connectivity index (χ0n) is 16.3. The second kappa shape index (κ2) is 10.3. The van der Waals surface area contributed by atoms with E-state index in [1.165, 1.54) is 6.42 Å². The van der Waals surface area contributed by atoms with E-state index in [1.807, 2.05) is 18.2 Å². The molecule has 6 nitrogen and oxygen atoms in total. The fraction of sp³-hybridized carbons (Fsp3) is 0.435. The first-order chi connectivity index (χ1) is 14.1. The highest BCUT2D eigenvalue weighted by Crippen LogP contribution is 2.40. The zero-order chi connectivity index (χ0) is 20.5. The summed E-state index contributed by atoms with van der Waals surface area (Å²) < 4.78 is 17.6. The summed E-state index contributed by atoms with van der Waals surface area (Å²) in [6.45, 7) is -0.190. The fourth-order valence-corrected chi connectivity index (χ4v) is 3.55. The molecule has 154 valence electrons. The molecule has 2 fully saturated rings. The largest absolute Gasteiger partial charge is 0.507 e. The summed E-state index contributed by atoms with van der Waals surface area (Å²) in [6, 6.07) is 6.91. The summed E-state index contributed by atoms with van der Waals surface area (Å²) in [7, 11) is 0. The number of phenolic OH excluding ortho intramolecular Hbond substituents is 1. The molecule has 1 spiro atoms. The van der Waals surface area contributed by atoms with E-state index in [0.717, 1.165) is 25.7 Å². The van der Waals surface area contributed by atoms with Crippen molar-refractivity contribution in [3.63, 3.8) is 0 Å². The summed E-state index contributed by atoms with van der Waals surface area (Å²) >= 11 is 0. The molecule has 3 rings (SSSR count). The van der Waals surface area contributed by atoms with E-state index in [4.69, 9.17) is 19.3 Å². The van der Waals surface area contributed by atoms with Crippen LogP contribution >= 0.6 is 0 Å². The number of benzene rings is 1. The minimum absolute atomic E-state index is 0.155. The molecule has 1 heterocycles. The Bertz CT molecular complexity index is 810. The quantitative estimate of drug-likeness (QED) is 0.564. The van der Waals surface area contributed by atoms with Gasteiger partial charge in [-0.2, -0.15) is 0 Å². The van der Waals surface area contributed by atoms with E-state index in [1.54, 1.807) is 30.4 Å². The van der Waals surface area contributed by atoms with Gasteiger partial charge in [0.1, 0.15) is 24.6 Å². The van der Waals surface area contributed by atoms with Crippen LogP contribution < -0.4 is 0 Å². The molecule has 1 saturated heterocycles. The van der Waals surface area contributed by atoms with Crippen LogP contribution in [0.25, 0.3) is 0 Å². The second-order valence-electron chi connectivity index (χ2n) is 7.15. The Balaban J connectivity index is 1.59. The van der Waals surface area contributed by atoms with E-state index in [2.05, 4.69) is 11.8 Å². The van der Waals surface area contributed by atoms with Crippen molar-refractivity contribution < 1.29 is 29.2 Å². The van der Waals surface area contributed by atoms with Crippen molar-refractivity contribution in [1.82, 2.24) is 0 Å². The van der Waals surface area contributed by atoms with E-state index in [0.29, 0.717) is 5.56 Å². The molecule has 2 aliphatic rings. The van der Waals surface area contributed by atoms with Crippen molar-refractivity contribution in [2.75, 3.05) is 13.2 Å². The van der Waals surface area contributed by atoms with Crippen molar-refractivity contribution in [3.8, 4) is 17.6 Å². The summed E-state index contributed by atoms with van der Waals surface area (Å²) in [6.07, 6.45) is 11.5. The minimum atomic E-state index is -1.01. The van der Waals surface area contributed by atoms with Crippen LogP contribution in [0.15, 0.2) is 48.6 Å². The van der Waals surface area contributed by atoms with Crippen LogP contribution in [0.1, 0.15) is 37.7 Å². The number of phenols is 1. The van der Waals surface area contributed by atoms with Crippen LogP contribution in [-0.2, 0) is 19.0 Å². The molecule has 6 heteroatoms. The first-order valence-corrected chi connectivity index (χ1v) is 9.86. The fourth-order valence-electron chi connectivity index (χ4n) is 3.55. The first kappa shape index (κ1) is 21.1. The van der Waals surface area contributed by atoms with Crippen molar-refractivity contribution in [3.05, 3.63) is 54.1 Å². The molecule has 2 atom stereocenters. The van der Waals surface area contributed by atoms with Gasteiger partial charge in [-0.15, -0.1) is 0 Å². The topological polar surface area (TPSA) is 85.2 Å². The van der Waals surface area contributed by atoms with E-state index in [9.17, 15) is 9.90 Å². The smallest absolute Gasteiger partial charge is 0.329 e. The Kier molecular flexibility index (Phi) is 7.48. The molecular weight excluding hydrogens is 372 g/mol. The number of aromatic hydroxyl groups is 1. The molecular formula is C23H26O6. The molecule has 0 unspecified atom stereocenters. The van der Waals surface area contributed by atoms with Crippen LogP contribution in [0.3, 0.4) is 0 Å². The average Bonchev–Trinajstić information content (AvgIpc) is 3.02. The predicted octanol–water partition coefficient (Wildman–Crippen LogP) is 3.40. The van der Waals surface area contributed by atoms with Gasteiger partial charge in [-0.25, -0.2) is 4.79 Å². The summed E-state index contributed by atoms with van der Waals surface area (Å²) in [5.41, 5.74) is 0.573. The minimum Gasteiger partial charge on any atom is -0.507 e. The summed E-state index contributed by atoms with van der Waals surface area (Å²) in [5.74, 6) is 4.33. The van der Waals surface area contributed by atoms with Crippen LogP contribution in [0.2, 0.25) is 0 Å². The highest BCUT2D eigenvalue weighted by molar-refractivity contribution is 5.67. The lowest BCUT2D eigenvalue weighted by atomic mass is 9.94. The van der Waals surface area contributed by atoms with Crippen LogP contribution in [0.5, 0.6) is 5.75 Å². The zero-order valence-corrected chi connectivity index (χ0v) is 16.3. The third kappa shape index (κ3) is 6.20. The lowest BCUT2D eigenvalue weighted by molar-refractivity contribution is -0.195. The lowest BCUT2D eigenvalue weighted by Gasteiger charge is -2.31. The molecule has 1 aromatic carbocycles. The standard InChI is InChI=1S/C23H26O6/c24-19-12-7-6-11-18(19)10-4-1-2-5-13-20-21(16-27-17-22(25)26)29-23(28-20)14-8-3-9-15-23/h1-2,5-7,11-13,20-21,24H,3,8-9,14-17H2,(H,25,26)/b2-1+,13-5+/t20-,21+/m1/s1. The van der Waals surface area contributed by atoms with Crippen LogP contribution in [-0.4, -0.2) is 47.4 Å². The van der Waals surface area contributed by atoms with E-state index >= 15 is 0 Å². The monoisotopic (exact) mass is 398 g/mol. The van der Waals surface area contributed by atoms with Crippen molar-refractivity contribution in [2.24, 2.45) is 0 Å². The number of rotatable bonds is 6. The molecule has 0 aromatic heterocycles. The molecule has 1 aliphatic carbocycles. The van der Waals surface area contributed by atoms with Crippen LogP contribution in [0, 0.1) is 11.8 Å². The molecule has 1 aromatic rings. The van der Waals surface area contributed by atoms with Crippen molar-refractivity contribution in [2.45, 2.75) is 50.1 Å². The van der Waals surface area contributed by atoms with Gasteiger partial charge in [-0.1, -0.05) is 48.6 Å². The number of para-hydroxylation sites is 1. The number of carboxylic acids is 1. The number of hydrogen-bond acceptors (Lipinski definition) is 5. The lowest BCUT2D eigenvalue weighted by Crippen LogP contribution is -2.34. The SMILES string of the molecule is O=C(O)COC[C@@H]1OC2(CCCCC2)O[C@@H]1/C=C/C=C/C#Cc1ccccc1O. The van der Waals surface area contributed by atoms with Gasteiger partial charge in [0.15, 0.2) is 5.79 Å². The number of allylic oxidation sites excluding steroid dienone is 3. The Labute approximate surface area is 170 Å². The molecule has 0 radical (unpaired) electrons. The number of ether oxygens (including phenoxy) is 3. The molecule has 2 N–H and O–H groups in total. The highest BCUT2D eigenvalue weighted by atomic mass is 16.8. The Morgan fingerprint density at radius 3 is 2.76 bits per heavy atom. The normalized spacial score (nSPS) is 23.4. The number of aliphatic carboxylic acids is 1. The Morgan fingerprint density at radius 2 is 2.00 bits per heavy atom.